The molecule has 0 atom stereocenters. The maximum absolute atomic E-state index is 13.0. The fourth-order valence-corrected chi connectivity index (χ4v) is 5.68. The number of carbonyl (C=O) groups excluding carboxylic acids is 2. The molecule has 0 saturated carbocycles. The van der Waals surface area contributed by atoms with Crippen molar-refractivity contribution in [1.82, 2.24) is 19.8 Å². The maximum Gasteiger partial charge on any atom is 0.309 e. The lowest BCUT2D eigenvalue weighted by Crippen LogP contribution is -2.46. The van der Waals surface area contributed by atoms with Crippen LogP contribution in [0.2, 0.25) is 0 Å². The zero-order valence-electron chi connectivity index (χ0n) is 22.7. The number of hydrogen-bond donors (Lipinski definition) is 0. The van der Waals surface area contributed by atoms with Gasteiger partial charge in [-0.15, -0.1) is 0 Å². The van der Waals surface area contributed by atoms with Gasteiger partial charge in [0.15, 0.2) is 5.16 Å². The first-order valence-corrected chi connectivity index (χ1v) is 14.5. The molecule has 2 aliphatic heterocycles. The molecule has 1 aromatic heterocycles. The largest absolute Gasteiger partial charge is 0.466 e. The fourth-order valence-electron chi connectivity index (χ4n) is 4.85. The Kier molecular flexibility index (Phi) is 10.4. The van der Waals surface area contributed by atoms with Gasteiger partial charge in [0.2, 0.25) is 0 Å². The van der Waals surface area contributed by atoms with E-state index in [2.05, 4.69) is 16.7 Å². The van der Waals surface area contributed by atoms with E-state index in [4.69, 9.17) is 19.4 Å². The van der Waals surface area contributed by atoms with E-state index in [1.54, 1.807) is 18.9 Å². The number of thioether (sulfide) groups is 1. The average Bonchev–Trinajstić information content (AvgIpc) is 2.96. The minimum Gasteiger partial charge on any atom is -0.466 e. The number of anilines is 1. The summed E-state index contributed by atoms with van der Waals surface area (Å²) in [5.41, 5.74) is 2.65. The topological polar surface area (TPSA) is 88.1 Å². The first kappa shape index (κ1) is 28.3. The highest BCUT2D eigenvalue weighted by atomic mass is 32.2. The molecular formula is C28H39N5O4S. The number of nitrogens with zero attached hydrogens (tertiary/aromatic N) is 5. The number of piperidine rings is 1. The Labute approximate surface area is 229 Å². The minimum atomic E-state index is -0.149. The van der Waals surface area contributed by atoms with E-state index in [0.29, 0.717) is 50.5 Å². The van der Waals surface area contributed by atoms with Crippen molar-refractivity contribution in [2.24, 2.45) is 5.92 Å². The number of methoxy groups -OCH3 is 1. The molecule has 3 heterocycles. The van der Waals surface area contributed by atoms with Crippen LogP contribution in [0.3, 0.4) is 0 Å². The lowest BCUT2D eigenvalue weighted by molar-refractivity contribution is -0.149. The van der Waals surface area contributed by atoms with Gasteiger partial charge >= 0.3 is 5.97 Å². The molecule has 0 radical (unpaired) electrons. The SMILES string of the molecule is CCOC(=O)C1CCN(C(=O)c2ccc(CSc3nc(COC)cc(N4CCN(CC)CC4)n3)cc2)CC1. The van der Waals surface area contributed by atoms with Gasteiger partial charge in [-0.3, -0.25) is 9.59 Å². The van der Waals surface area contributed by atoms with E-state index in [1.165, 1.54) is 0 Å². The van der Waals surface area contributed by atoms with Crippen LogP contribution in [-0.4, -0.2) is 91.2 Å². The monoisotopic (exact) mass is 541 g/mol. The summed E-state index contributed by atoms with van der Waals surface area (Å²) in [7, 11) is 1.68. The lowest BCUT2D eigenvalue weighted by Gasteiger charge is -2.34. The molecule has 10 heteroatoms. The molecular weight excluding hydrogens is 502 g/mol. The third-order valence-electron chi connectivity index (χ3n) is 7.15. The summed E-state index contributed by atoms with van der Waals surface area (Å²) >= 11 is 1.59. The second-order valence-corrected chi connectivity index (χ2v) is 10.6. The van der Waals surface area contributed by atoms with Crippen molar-refractivity contribution < 1.29 is 19.1 Å². The number of likely N-dealkylation sites (tertiary alicyclic amines) is 1. The molecule has 1 aromatic carbocycles. The van der Waals surface area contributed by atoms with Crippen molar-refractivity contribution in [3.63, 3.8) is 0 Å². The lowest BCUT2D eigenvalue weighted by atomic mass is 9.96. The minimum absolute atomic E-state index is 0.00919. The van der Waals surface area contributed by atoms with Gasteiger partial charge in [0.1, 0.15) is 5.82 Å². The predicted molar refractivity (Wildman–Crippen MR) is 148 cm³/mol. The van der Waals surface area contributed by atoms with Crippen molar-refractivity contribution in [2.75, 3.05) is 64.4 Å². The van der Waals surface area contributed by atoms with E-state index in [-0.39, 0.29) is 17.8 Å². The summed E-state index contributed by atoms with van der Waals surface area (Å²) in [5.74, 6) is 1.42. The van der Waals surface area contributed by atoms with Gasteiger partial charge in [-0.05, 0) is 44.0 Å². The van der Waals surface area contributed by atoms with Gasteiger partial charge in [-0.25, -0.2) is 9.97 Å². The molecule has 2 fully saturated rings. The van der Waals surface area contributed by atoms with Crippen LogP contribution >= 0.6 is 11.8 Å². The first-order valence-electron chi connectivity index (χ1n) is 13.5. The van der Waals surface area contributed by atoms with E-state index in [0.717, 1.165) is 55.0 Å². The second-order valence-electron chi connectivity index (χ2n) is 9.66. The summed E-state index contributed by atoms with van der Waals surface area (Å²) in [6.45, 7) is 11.1. The standard InChI is InChI=1S/C28H39N5O4S/c1-4-31-14-16-32(17-15-31)25-18-24(19-36-3)29-28(30-25)38-20-21-6-8-22(9-7-21)26(34)33-12-10-23(11-13-33)27(35)37-5-2/h6-9,18,23H,4-5,10-17,19-20H2,1-3H3. The molecule has 0 unspecified atom stereocenters. The van der Waals surface area contributed by atoms with Crippen molar-refractivity contribution in [3.8, 4) is 0 Å². The summed E-state index contributed by atoms with van der Waals surface area (Å²) in [5, 5.41) is 0.733. The molecule has 206 valence electrons. The number of carbonyl (C=O) groups is 2. The molecule has 0 spiro atoms. The van der Waals surface area contributed by atoms with Gasteiger partial charge in [-0.2, -0.15) is 0 Å². The molecule has 2 aromatic rings. The van der Waals surface area contributed by atoms with Crippen molar-refractivity contribution in [1.29, 1.82) is 0 Å². The average molecular weight is 542 g/mol. The van der Waals surface area contributed by atoms with Crippen LogP contribution < -0.4 is 4.90 Å². The highest BCUT2D eigenvalue weighted by molar-refractivity contribution is 7.98. The highest BCUT2D eigenvalue weighted by Crippen LogP contribution is 2.25. The molecule has 1 amide bonds. The number of amides is 1. The molecule has 0 bridgehead atoms. The molecule has 2 aliphatic rings. The normalized spacial score (nSPS) is 17.0. The third-order valence-corrected chi connectivity index (χ3v) is 8.07. The summed E-state index contributed by atoms with van der Waals surface area (Å²) in [4.78, 5) is 41.1. The number of piperazine rings is 1. The number of hydrogen-bond acceptors (Lipinski definition) is 9. The smallest absolute Gasteiger partial charge is 0.309 e. The zero-order valence-corrected chi connectivity index (χ0v) is 23.5. The van der Waals surface area contributed by atoms with Gasteiger partial charge in [0, 0.05) is 63.8 Å². The van der Waals surface area contributed by atoms with E-state index in [9.17, 15) is 9.59 Å². The number of rotatable bonds is 10. The number of likely N-dealkylation sites (N-methyl/N-ethyl adjacent to an activating group) is 1. The number of ether oxygens (including phenoxy) is 2. The van der Waals surface area contributed by atoms with E-state index >= 15 is 0 Å². The Morgan fingerprint density at radius 1 is 1.00 bits per heavy atom. The Bertz CT molecular complexity index is 1070. The maximum atomic E-state index is 13.0. The van der Waals surface area contributed by atoms with Crippen LogP contribution in [0.1, 0.15) is 48.3 Å². The van der Waals surface area contributed by atoms with Gasteiger partial charge in [0.05, 0.1) is 24.8 Å². The molecule has 38 heavy (non-hydrogen) atoms. The Hall–Kier alpha value is -2.69. The van der Waals surface area contributed by atoms with Gasteiger partial charge < -0.3 is 24.2 Å². The molecule has 0 aliphatic carbocycles. The number of aromatic nitrogens is 2. The van der Waals surface area contributed by atoms with Crippen LogP contribution in [0.15, 0.2) is 35.5 Å². The Balaban J connectivity index is 1.33. The molecule has 0 N–H and O–H groups in total. The number of benzene rings is 1. The first-order chi connectivity index (χ1) is 18.5. The van der Waals surface area contributed by atoms with Crippen molar-refractivity contribution >= 4 is 29.5 Å². The molecule has 2 saturated heterocycles. The summed E-state index contributed by atoms with van der Waals surface area (Å²) in [6.07, 6.45) is 1.30. The van der Waals surface area contributed by atoms with Gasteiger partial charge in [0.25, 0.3) is 5.91 Å². The Morgan fingerprint density at radius 3 is 2.34 bits per heavy atom. The fraction of sp³-hybridized carbons (Fsp3) is 0.571. The zero-order chi connectivity index (χ0) is 26.9. The van der Waals surface area contributed by atoms with Crippen LogP contribution in [0.5, 0.6) is 0 Å². The second kappa shape index (κ2) is 13.9. The van der Waals surface area contributed by atoms with E-state index in [1.807, 2.05) is 42.2 Å². The van der Waals surface area contributed by atoms with Crippen LogP contribution in [0, 0.1) is 5.92 Å². The van der Waals surface area contributed by atoms with Gasteiger partial charge in [-0.1, -0.05) is 30.8 Å². The third kappa shape index (κ3) is 7.45. The predicted octanol–water partition coefficient (Wildman–Crippen LogP) is 3.47. The summed E-state index contributed by atoms with van der Waals surface area (Å²) in [6, 6.07) is 9.79. The van der Waals surface area contributed by atoms with Crippen molar-refractivity contribution in [3.05, 3.63) is 47.2 Å². The molecule has 4 rings (SSSR count). The van der Waals surface area contributed by atoms with Crippen molar-refractivity contribution in [2.45, 2.75) is 44.2 Å². The van der Waals surface area contributed by atoms with E-state index < -0.39 is 0 Å². The highest BCUT2D eigenvalue weighted by Gasteiger charge is 2.28. The Morgan fingerprint density at radius 2 is 1.71 bits per heavy atom. The quantitative estimate of drug-likeness (QED) is 0.255. The van der Waals surface area contributed by atoms with Crippen LogP contribution in [-0.2, 0) is 26.6 Å². The van der Waals surface area contributed by atoms with Crippen LogP contribution in [0.4, 0.5) is 5.82 Å². The van der Waals surface area contributed by atoms with Crippen LogP contribution in [0.25, 0.3) is 0 Å². The summed E-state index contributed by atoms with van der Waals surface area (Å²) < 4.78 is 10.5. The molecule has 9 nitrogen and oxygen atoms in total. The number of esters is 1.